The van der Waals surface area contributed by atoms with Gasteiger partial charge in [0.05, 0.1) is 25.1 Å². The van der Waals surface area contributed by atoms with E-state index in [2.05, 4.69) is 10.6 Å². The Hall–Kier alpha value is -2.14. The summed E-state index contributed by atoms with van der Waals surface area (Å²) in [5.74, 6) is -2.31. The van der Waals surface area contributed by atoms with Crippen molar-refractivity contribution in [3.8, 4) is 6.07 Å². The van der Waals surface area contributed by atoms with Gasteiger partial charge in [-0.15, -0.1) is 0 Å². The Bertz CT molecular complexity index is 534. The van der Waals surface area contributed by atoms with E-state index in [9.17, 15) is 19.6 Å². The molecule has 0 aliphatic carbocycles. The van der Waals surface area contributed by atoms with Gasteiger partial charge in [-0.3, -0.25) is 10.1 Å². The lowest BCUT2D eigenvalue weighted by atomic mass is 9.80. The van der Waals surface area contributed by atoms with Crippen molar-refractivity contribution < 1.29 is 23.9 Å². The number of amides is 1. The molecule has 8 heteroatoms. The van der Waals surface area contributed by atoms with Crippen LogP contribution in [0.5, 0.6) is 0 Å². The smallest absolute Gasteiger partial charge is 0.408 e. The van der Waals surface area contributed by atoms with Gasteiger partial charge < -0.3 is 14.8 Å². The number of nitrogens with one attached hydrogen (secondary N) is 2. The summed E-state index contributed by atoms with van der Waals surface area (Å²) in [6.07, 6.45) is -0.430. The molecule has 1 rings (SSSR count). The van der Waals surface area contributed by atoms with Crippen molar-refractivity contribution in [3.05, 3.63) is 0 Å². The lowest BCUT2D eigenvalue weighted by molar-refractivity contribution is -0.154. The fraction of sp³-hybridized carbons (Fsp3) is 0.733. The van der Waals surface area contributed by atoms with E-state index >= 15 is 0 Å². The molecule has 0 aromatic heterocycles. The predicted molar refractivity (Wildman–Crippen MR) is 80.3 cm³/mol. The number of ketones is 1. The number of Topliss-reactive ketones (excluding diaryl/α,β-unsaturated/α-hetero) is 1. The molecule has 0 spiro atoms. The second-order valence-corrected chi connectivity index (χ2v) is 6.43. The van der Waals surface area contributed by atoms with E-state index in [1.807, 2.05) is 6.07 Å². The van der Waals surface area contributed by atoms with Crippen molar-refractivity contribution >= 4 is 17.8 Å². The summed E-state index contributed by atoms with van der Waals surface area (Å²) < 4.78 is 9.80. The normalized spacial score (nSPS) is 25.1. The number of esters is 1. The zero-order valence-corrected chi connectivity index (χ0v) is 14.1. The highest BCUT2D eigenvalue weighted by Crippen LogP contribution is 2.30. The molecule has 0 aromatic rings. The number of nitrogens with zero attached hydrogens (tertiary/aromatic N) is 1. The molecule has 2 N–H and O–H groups in total. The van der Waals surface area contributed by atoms with Gasteiger partial charge in [0.2, 0.25) is 0 Å². The first-order valence-electron chi connectivity index (χ1n) is 7.35. The Morgan fingerprint density at radius 1 is 1.39 bits per heavy atom. The number of nitriles is 1. The average Bonchev–Trinajstić information content (AvgIpc) is 2.87. The molecule has 0 saturated carbocycles. The molecule has 1 heterocycles. The van der Waals surface area contributed by atoms with Gasteiger partial charge in [-0.25, -0.2) is 9.59 Å². The van der Waals surface area contributed by atoms with E-state index in [-0.39, 0.29) is 0 Å². The van der Waals surface area contributed by atoms with Crippen LogP contribution >= 0.6 is 0 Å². The van der Waals surface area contributed by atoms with Crippen molar-refractivity contribution in [2.45, 2.75) is 51.3 Å². The van der Waals surface area contributed by atoms with Crippen LogP contribution in [0.15, 0.2) is 0 Å². The summed E-state index contributed by atoms with van der Waals surface area (Å²) in [6, 6.07) is 0.947. The van der Waals surface area contributed by atoms with Crippen LogP contribution in [0.1, 0.15) is 34.1 Å². The SMILES string of the molecule is COC(=O)[C@@]1(C(=O)[C@H](C)NC(=O)OC(C)(C)C)NCCC1C#N. The van der Waals surface area contributed by atoms with E-state index in [1.54, 1.807) is 20.8 Å². The molecule has 1 amide bonds. The lowest BCUT2D eigenvalue weighted by Gasteiger charge is -2.31. The minimum atomic E-state index is -1.77. The van der Waals surface area contributed by atoms with Crippen LogP contribution in [-0.2, 0) is 19.1 Å². The van der Waals surface area contributed by atoms with Crippen LogP contribution in [0.25, 0.3) is 0 Å². The number of methoxy groups -OCH3 is 1. The zero-order chi connectivity index (χ0) is 17.8. The molecule has 0 bridgehead atoms. The van der Waals surface area contributed by atoms with E-state index < -0.39 is 40.9 Å². The molecular formula is C15H23N3O5. The number of rotatable bonds is 4. The standard InChI is InChI=1S/C15H23N3O5/c1-9(18-13(21)23-14(2,3)4)11(19)15(12(20)22-5)10(8-16)6-7-17-15/h9-10,17H,6-7H2,1-5H3,(H,18,21)/t9-,10?,15+/m0/s1. The third-order valence-corrected chi connectivity index (χ3v) is 3.54. The molecular weight excluding hydrogens is 302 g/mol. The first-order chi connectivity index (χ1) is 10.6. The monoisotopic (exact) mass is 325 g/mol. The number of ether oxygens (including phenoxy) is 2. The third-order valence-electron chi connectivity index (χ3n) is 3.54. The molecule has 1 saturated heterocycles. The van der Waals surface area contributed by atoms with Gasteiger partial charge in [-0.2, -0.15) is 5.26 Å². The van der Waals surface area contributed by atoms with Crippen LogP contribution in [0.4, 0.5) is 4.79 Å². The minimum absolute atomic E-state index is 0.332. The molecule has 3 atom stereocenters. The van der Waals surface area contributed by atoms with Gasteiger partial charge in [-0.1, -0.05) is 0 Å². The Kier molecular flexibility index (Phi) is 5.72. The Balaban J connectivity index is 2.96. The summed E-state index contributed by atoms with van der Waals surface area (Å²) >= 11 is 0. The molecule has 0 aromatic carbocycles. The highest BCUT2D eigenvalue weighted by molar-refractivity contribution is 6.12. The van der Waals surface area contributed by atoms with Crippen LogP contribution < -0.4 is 10.6 Å². The summed E-state index contributed by atoms with van der Waals surface area (Å²) in [4.78, 5) is 36.7. The fourth-order valence-electron chi connectivity index (χ4n) is 2.54. The maximum absolute atomic E-state index is 12.8. The second kappa shape index (κ2) is 6.96. The predicted octanol–water partition coefficient (Wildman–Crippen LogP) is 0.514. The Morgan fingerprint density at radius 3 is 2.48 bits per heavy atom. The zero-order valence-electron chi connectivity index (χ0n) is 14.1. The fourth-order valence-corrected chi connectivity index (χ4v) is 2.54. The first kappa shape index (κ1) is 18.9. The van der Waals surface area contributed by atoms with E-state index in [0.29, 0.717) is 13.0 Å². The summed E-state index contributed by atoms with van der Waals surface area (Å²) in [7, 11) is 1.15. The number of hydrogen-bond acceptors (Lipinski definition) is 7. The summed E-state index contributed by atoms with van der Waals surface area (Å²) in [5.41, 5.74) is -2.48. The summed E-state index contributed by atoms with van der Waals surface area (Å²) in [5, 5.41) is 14.4. The molecule has 1 fully saturated rings. The second-order valence-electron chi connectivity index (χ2n) is 6.43. The average molecular weight is 325 g/mol. The molecule has 128 valence electrons. The van der Waals surface area contributed by atoms with Gasteiger partial charge in [0, 0.05) is 0 Å². The molecule has 23 heavy (non-hydrogen) atoms. The van der Waals surface area contributed by atoms with Crippen LogP contribution in [0.3, 0.4) is 0 Å². The maximum Gasteiger partial charge on any atom is 0.408 e. The van der Waals surface area contributed by atoms with Gasteiger partial charge in [0.25, 0.3) is 0 Å². The number of carbonyl (C=O) groups is 3. The largest absolute Gasteiger partial charge is 0.467 e. The Morgan fingerprint density at radius 2 is 2.00 bits per heavy atom. The van der Waals surface area contributed by atoms with Gasteiger partial charge in [0.15, 0.2) is 11.3 Å². The third kappa shape index (κ3) is 3.99. The topological polar surface area (TPSA) is 118 Å². The highest BCUT2D eigenvalue weighted by atomic mass is 16.6. The van der Waals surface area contributed by atoms with Crippen molar-refractivity contribution in [2.75, 3.05) is 13.7 Å². The maximum atomic E-state index is 12.8. The number of alkyl carbamates (subject to hydrolysis) is 1. The Labute approximate surface area is 135 Å². The van der Waals surface area contributed by atoms with Crippen molar-refractivity contribution in [1.29, 1.82) is 5.26 Å². The van der Waals surface area contributed by atoms with Gasteiger partial charge >= 0.3 is 12.1 Å². The van der Waals surface area contributed by atoms with Crippen LogP contribution in [-0.4, -0.2) is 48.7 Å². The molecule has 1 unspecified atom stereocenters. The molecule has 1 aliphatic heterocycles. The molecule has 0 radical (unpaired) electrons. The van der Waals surface area contributed by atoms with Crippen molar-refractivity contribution in [3.63, 3.8) is 0 Å². The van der Waals surface area contributed by atoms with Crippen molar-refractivity contribution in [1.82, 2.24) is 10.6 Å². The van der Waals surface area contributed by atoms with Gasteiger partial charge in [-0.05, 0) is 40.7 Å². The van der Waals surface area contributed by atoms with Crippen LogP contribution in [0.2, 0.25) is 0 Å². The van der Waals surface area contributed by atoms with Crippen LogP contribution in [0, 0.1) is 17.2 Å². The highest BCUT2D eigenvalue weighted by Gasteiger charge is 2.57. The summed E-state index contributed by atoms with van der Waals surface area (Å²) in [6.45, 7) is 6.85. The molecule has 8 nitrogen and oxygen atoms in total. The van der Waals surface area contributed by atoms with E-state index in [4.69, 9.17) is 9.47 Å². The lowest BCUT2D eigenvalue weighted by Crippen LogP contribution is -2.63. The number of hydrogen-bond donors (Lipinski definition) is 2. The van der Waals surface area contributed by atoms with E-state index in [1.165, 1.54) is 6.92 Å². The van der Waals surface area contributed by atoms with Crippen molar-refractivity contribution in [2.24, 2.45) is 5.92 Å². The quantitative estimate of drug-likeness (QED) is 0.571. The first-order valence-corrected chi connectivity index (χ1v) is 7.35. The molecule has 1 aliphatic rings. The van der Waals surface area contributed by atoms with Gasteiger partial charge in [0.1, 0.15) is 5.60 Å². The minimum Gasteiger partial charge on any atom is -0.467 e. The number of carbonyl (C=O) groups excluding carboxylic acids is 3. The van der Waals surface area contributed by atoms with E-state index in [0.717, 1.165) is 7.11 Å².